The van der Waals surface area contributed by atoms with E-state index in [1.165, 1.54) is 26.3 Å². The van der Waals surface area contributed by atoms with Crippen LogP contribution in [0.2, 0.25) is 0 Å². The molecular formula is C40H23NO2S. The van der Waals surface area contributed by atoms with Gasteiger partial charge in [0.1, 0.15) is 0 Å². The van der Waals surface area contributed by atoms with Crippen LogP contribution in [0.5, 0.6) is 0 Å². The molecule has 0 radical (unpaired) electrons. The monoisotopic (exact) mass is 581 g/mol. The molecule has 4 heteroatoms. The van der Waals surface area contributed by atoms with Gasteiger partial charge in [-0.3, -0.25) is 9.59 Å². The van der Waals surface area contributed by atoms with Crippen LogP contribution in [0.4, 0.5) is 17.1 Å². The minimum absolute atomic E-state index is 0.209. The molecule has 7 aromatic rings. The summed E-state index contributed by atoms with van der Waals surface area (Å²) in [6.07, 6.45) is 1.75. The SMILES string of the molecule is O=C1C(=Cc2ccc3c4c(ccc3c2)N(c2ccccc2)c2cc3ccccc3cc2S4)C(=O)c2cc3ccccc3cc21. The molecule has 0 spiro atoms. The number of ketones is 2. The van der Waals surface area contributed by atoms with Gasteiger partial charge in [0.05, 0.1) is 16.9 Å². The molecule has 0 saturated carbocycles. The van der Waals surface area contributed by atoms with Crippen LogP contribution < -0.4 is 4.90 Å². The summed E-state index contributed by atoms with van der Waals surface area (Å²) in [5.74, 6) is -0.418. The highest BCUT2D eigenvalue weighted by Gasteiger charge is 2.33. The molecule has 0 N–H and O–H groups in total. The summed E-state index contributed by atoms with van der Waals surface area (Å²) in [7, 11) is 0. The van der Waals surface area contributed by atoms with E-state index in [9.17, 15) is 9.59 Å². The van der Waals surface area contributed by atoms with E-state index >= 15 is 0 Å². The Labute approximate surface area is 258 Å². The molecule has 7 aromatic carbocycles. The molecule has 0 atom stereocenters. The third-order valence-corrected chi connectivity index (χ3v) is 9.86. The van der Waals surface area contributed by atoms with E-state index < -0.39 is 0 Å². The first-order valence-electron chi connectivity index (χ1n) is 14.6. The average molecular weight is 582 g/mol. The minimum atomic E-state index is -0.209. The number of benzene rings is 7. The van der Waals surface area contributed by atoms with Crippen LogP contribution >= 0.6 is 11.8 Å². The van der Waals surface area contributed by atoms with Crippen molar-refractivity contribution in [3.8, 4) is 0 Å². The number of carbonyl (C=O) groups is 2. The zero-order valence-corrected chi connectivity index (χ0v) is 24.3. The molecule has 0 unspecified atom stereocenters. The van der Waals surface area contributed by atoms with Gasteiger partial charge in [0, 0.05) is 26.6 Å². The second-order valence-corrected chi connectivity index (χ2v) is 12.3. The van der Waals surface area contributed by atoms with Crippen LogP contribution in [0.3, 0.4) is 0 Å². The van der Waals surface area contributed by atoms with Crippen molar-refractivity contribution in [2.24, 2.45) is 0 Å². The van der Waals surface area contributed by atoms with Gasteiger partial charge in [-0.25, -0.2) is 0 Å². The van der Waals surface area contributed by atoms with E-state index in [1.807, 2.05) is 48.5 Å². The maximum absolute atomic E-state index is 13.4. The van der Waals surface area contributed by atoms with E-state index in [4.69, 9.17) is 0 Å². The molecule has 44 heavy (non-hydrogen) atoms. The van der Waals surface area contributed by atoms with Crippen LogP contribution in [0.25, 0.3) is 38.4 Å². The Morgan fingerprint density at radius 3 is 1.82 bits per heavy atom. The Balaban J connectivity index is 1.16. The Hall–Kier alpha value is -5.45. The van der Waals surface area contributed by atoms with E-state index in [2.05, 4.69) is 89.8 Å². The van der Waals surface area contributed by atoms with Crippen molar-refractivity contribution in [3.05, 3.63) is 156 Å². The van der Waals surface area contributed by atoms with Gasteiger partial charge in [-0.05, 0) is 92.5 Å². The van der Waals surface area contributed by atoms with Crippen LogP contribution in [0.1, 0.15) is 26.3 Å². The van der Waals surface area contributed by atoms with Gasteiger partial charge in [-0.15, -0.1) is 0 Å². The van der Waals surface area contributed by atoms with Gasteiger partial charge in [0.15, 0.2) is 11.6 Å². The lowest BCUT2D eigenvalue weighted by molar-refractivity contribution is 0.0990. The number of hydrogen-bond donors (Lipinski definition) is 0. The van der Waals surface area contributed by atoms with E-state index in [-0.39, 0.29) is 17.1 Å². The molecule has 0 aromatic heterocycles. The highest BCUT2D eigenvalue weighted by Crippen LogP contribution is 2.54. The van der Waals surface area contributed by atoms with E-state index in [0.29, 0.717) is 11.1 Å². The van der Waals surface area contributed by atoms with Crippen LogP contribution in [-0.4, -0.2) is 11.6 Å². The molecule has 3 nitrogen and oxygen atoms in total. The second kappa shape index (κ2) is 9.53. The van der Waals surface area contributed by atoms with Crippen molar-refractivity contribution in [1.82, 2.24) is 0 Å². The quantitative estimate of drug-likeness (QED) is 0.150. The number of hydrogen-bond acceptors (Lipinski definition) is 4. The maximum Gasteiger partial charge on any atom is 0.197 e. The first-order chi connectivity index (χ1) is 21.6. The number of rotatable bonds is 2. The van der Waals surface area contributed by atoms with Gasteiger partial charge >= 0.3 is 0 Å². The number of anilines is 3. The minimum Gasteiger partial charge on any atom is -0.308 e. The first-order valence-corrected chi connectivity index (χ1v) is 15.4. The molecule has 0 saturated heterocycles. The molecule has 9 rings (SSSR count). The van der Waals surface area contributed by atoms with Crippen LogP contribution in [0.15, 0.2) is 149 Å². The van der Waals surface area contributed by atoms with Crippen LogP contribution in [0, 0.1) is 0 Å². The largest absolute Gasteiger partial charge is 0.308 e. The third-order valence-electron chi connectivity index (χ3n) is 8.68. The highest BCUT2D eigenvalue weighted by atomic mass is 32.2. The summed E-state index contributed by atoms with van der Waals surface area (Å²) < 4.78 is 0. The standard InChI is InChI=1S/C40H23NO2S/c42-38-32-20-25-8-4-5-9-26(25)21-33(32)39(43)34(38)19-24-14-16-31-29(18-24)15-17-35-40(31)44-37-23-28-11-7-6-10-27(28)22-36(37)41(35)30-12-2-1-3-13-30/h1-23H. The zero-order chi connectivity index (χ0) is 29.4. The lowest BCUT2D eigenvalue weighted by Gasteiger charge is -2.34. The number of fused-ring (bicyclic) bond motifs is 7. The number of para-hydroxylation sites is 1. The number of allylic oxidation sites excluding steroid dienone is 1. The number of Topliss-reactive ketones (excluding diaryl/α,β-unsaturated/α-hetero) is 2. The fraction of sp³-hybridized carbons (Fsp3) is 0. The van der Waals surface area contributed by atoms with Crippen molar-refractivity contribution in [2.75, 3.05) is 4.90 Å². The summed E-state index contributed by atoms with van der Waals surface area (Å²) in [6, 6.07) is 45.6. The van der Waals surface area contributed by atoms with Gasteiger partial charge in [0.25, 0.3) is 0 Å². The van der Waals surface area contributed by atoms with Crippen molar-refractivity contribution in [2.45, 2.75) is 9.79 Å². The smallest absolute Gasteiger partial charge is 0.197 e. The Morgan fingerprint density at radius 2 is 1.14 bits per heavy atom. The predicted octanol–water partition coefficient (Wildman–Crippen LogP) is 10.5. The molecule has 1 aliphatic carbocycles. The van der Waals surface area contributed by atoms with Crippen molar-refractivity contribution < 1.29 is 9.59 Å². The molecule has 0 bridgehead atoms. The van der Waals surface area contributed by atoms with Crippen molar-refractivity contribution in [3.63, 3.8) is 0 Å². The van der Waals surface area contributed by atoms with Gasteiger partial charge < -0.3 is 4.90 Å². The fourth-order valence-corrected chi connectivity index (χ4v) is 7.77. The summed E-state index contributed by atoms with van der Waals surface area (Å²) in [5, 5.41) is 6.53. The lowest BCUT2D eigenvalue weighted by Crippen LogP contribution is -2.15. The predicted molar refractivity (Wildman–Crippen MR) is 181 cm³/mol. The Kier molecular flexibility index (Phi) is 5.43. The summed E-state index contributed by atoms with van der Waals surface area (Å²) in [5.41, 5.74) is 5.43. The van der Waals surface area contributed by atoms with E-state index in [1.54, 1.807) is 17.8 Å². The van der Waals surface area contributed by atoms with Crippen molar-refractivity contribution >= 4 is 78.8 Å². The Bertz CT molecular complexity index is 2350. The third kappa shape index (κ3) is 3.78. The average Bonchev–Trinajstić information content (AvgIpc) is 3.29. The summed E-state index contributed by atoms with van der Waals surface area (Å²) >= 11 is 1.79. The van der Waals surface area contributed by atoms with Crippen LogP contribution in [-0.2, 0) is 0 Å². The summed E-state index contributed by atoms with van der Waals surface area (Å²) in [4.78, 5) is 31.5. The molecule has 2 aliphatic rings. The number of nitrogens with zero attached hydrogens (tertiary/aromatic N) is 1. The highest BCUT2D eigenvalue weighted by molar-refractivity contribution is 8.00. The molecule has 1 aliphatic heterocycles. The van der Waals surface area contributed by atoms with Crippen molar-refractivity contribution in [1.29, 1.82) is 0 Å². The summed E-state index contributed by atoms with van der Waals surface area (Å²) in [6.45, 7) is 0. The normalized spacial score (nSPS) is 13.8. The fourth-order valence-electron chi connectivity index (χ4n) is 6.55. The molecular weight excluding hydrogens is 559 g/mol. The lowest BCUT2D eigenvalue weighted by atomic mass is 10.0. The van der Waals surface area contributed by atoms with E-state index in [0.717, 1.165) is 38.5 Å². The van der Waals surface area contributed by atoms with Gasteiger partial charge in [-0.2, -0.15) is 0 Å². The second-order valence-electron chi connectivity index (χ2n) is 11.3. The first kappa shape index (κ1) is 25.1. The van der Waals surface area contributed by atoms with Gasteiger partial charge in [-0.1, -0.05) is 96.7 Å². The maximum atomic E-state index is 13.4. The molecule has 206 valence electrons. The zero-order valence-electron chi connectivity index (χ0n) is 23.5. The molecule has 0 fully saturated rings. The van der Waals surface area contributed by atoms with Gasteiger partial charge in [0.2, 0.25) is 0 Å². The molecule has 1 heterocycles. The number of carbonyl (C=O) groups excluding carboxylic acids is 2. The molecule has 0 amide bonds. The topological polar surface area (TPSA) is 37.4 Å². The Morgan fingerprint density at radius 1 is 0.523 bits per heavy atom.